The first-order valence-electron chi connectivity index (χ1n) is 6.57. The van der Waals surface area contributed by atoms with E-state index in [1.54, 1.807) is 6.92 Å². The standard InChI is InChI=1S/C12H16ClN7O/c1-7-17-12(21-18-7)8-5-20(4-3-19(8)2)11-9(13)10(14)15-6-16-11/h6,8H,3-5H2,1-2H3,(H2,14,15,16). The Bertz CT molecular complexity index is 646. The number of piperazine rings is 1. The number of likely N-dealkylation sites (N-methyl/N-ethyl adjacent to an activating group) is 1. The summed E-state index contributed by atoms with van der Waals surface area (Å²) in [5, 5.41) is 4.23. The minimum atomic E-state index is -0.00722. The van der Waals surface area contributed by atoms with Gasteiger partial charge in [0.1, 0.15) is 23.2 Å². The quantitative estimate of drug-likeness (QED) is 0.873. The maximum atomic E-state index is 6.20. The van der Waals surface area contributed by atoms with E-state index in [0.29, 0.717) is 29.1 Å². The van der Waals surface area contributed by atoms with Gasteiger partial charge in [0.15, 0.2) is 11.6 Å². The zero-order valence-corrected chi connectivity index (χ0v) is 12.6. The van der Waals surface area contributed by atoms with Crippen molar-refractivity contribution in [3.8, 4) is 0 Å². The van der Waals surface area contributed by atoms with Crippen LogP contribution < -0.4 is 10.6 Å². The van der Waals surface area contributed by atoms with Gasteiger partial charge in [-0.1, -0.05) is 16.8 Å². The molecule has 0 bridgehead atoms. The van der Waals surface area contributed by atoms with E-state index in [2.05, 4.69) is 29.9 Å². The first-order chi connectivity index (χ1) is 10.1. The molecule has 1 aliphatic rings. The molecule has 0 spiro atoms. The molecule has 3 heterocycles. The maximum Gasteiger partial charge on any atom is 0.245 e. The van der Waals surface area contributed by atoms with Crippen molar-refractivity contribution in [3.05, 3.63) is 23.1 Å². The first-order valence-corrected chi connectivity index (χ1v) is 6.95. The molecule has 0 amide bonds. The zero-order valence-electron chi connectivity index (χ0n) is 11.8. The van der Waals surface area contributed by atoms with Crippen LogP contribution in [-0.2, 0) is 0 Å². The van der Waals surface area contributed by atoms with Crippen molar-refractivity contribution in [1.29, 1.82) is 0 Å². The van der Waals surface area contributed by atoms with E-state index in [1.807, 2.05) is 7.05 Å². The van der Waals surface area contributed by atoms with Crippen molar-refractivity contribution >= 4 is 23.2 Å². The van der Waals surface area contributed by atoms with E-state index in [4.69, 9.17) is 21.9 Å². The Balaban J connectivity index is 1.87. The van der Waals surface area contributed by atoms with Crippen LogP contribution >= 0.6 is 11.6 Å². The molecule has 2 aromatic rings. The molecule has 9 heteroatoms. The number of halogens is 1. The van der Waals surface area contributed by atoms with Gasteiger partial charge in [-0.3, -0.25) is 4.90 Å². The number of nitrogen functional groups attached to an aromatic ring is 1. The zero-order chi connectivity index (χ0) is 15.0. The monoisotopic (exact) mass is 309 g/mol. The Kier molecular flexibility index (Phi) is 3.64. The summed E-state index contributed by atoms with van der Waals surface area (Å²) in [6.07, 6.45) is 1.42. The Labute approximate surface area is 126 Å². The van der Waals surface area contributed by atoms with Gasteiger partial charge in [0, 0.05) is 19.6 Å². The number of aryl methyl sites for hydroxylation is 1. The summed E-state index contributed by atoms with van der Waals surface area (Å²) in [5.41, 5.74) is 5.74. The summed E-state index contributed by atoms with van der Waals surface area (Å²) in [6, 6.07) is -0.00722. The number of anilines is 2. The molecular formula is C12H16ClN7O. The molecule has 2 aromatic heterocycles. The molecule has 0 saturated carbocycles. The maximum absolute atomic E-state index is 6.20. The fourth-order valence-corrected chi connectivity index (χ4v) is 2.59. The number of nitrogens with two attached hydrogens (primary N) is 1. The Hall–Kier alpha value is -1.93. The molecule has 1 aliphatic heterocycles. The van der Waals surface area contributed by atoms with E-state index in [0.717, 1.165) is 13.1 Å². The molecule has 8 nitrogen and oxygen atoms in total. The largest absolute Gasteiger partial charge is 0.382 e. The lowest BCUT2D eigenvalue weighted by atomic mass is 10.1. The lowest BCUT2D eigenvalue weighted by Crippen LogP contribution is -2.47. The fourth-order valence-electron chi connectivity index (χ4n) is 2.38. The van der Waals surface area contributed by atoms with Gasteiger partial charge < -0.3 is 15.2 Å². The van der Waals surface area contributed by atoms with Gasteiger partial charge in [-0.05, 0) is 14.0 Å². The molecule has 1 fully saturated rings. The van der Waals surface area contributed by atoms with Crippen LogP contribution in [0.4, 0.5) is 11.6 Å². The molecule has 0 aliphatic carbocycles. The molecular weight excluding hydrogens is 294 g/mol. The molecule has 1 saturated heterocycles. The van der Waals surface area contributed by atoms with Crippen LogP contribution in [0.2, 0.25) is 5.02 Å². The topological polar surface area (TPSA) is 97.2 Å². The summed E-state index contributed by atoms with van der Waals surface area (Å²) in [6.45, 7) is 4.06. The van der Waals surface area contributed by atoms with Crippen molar-refractivity contribution in [2.24, 2.45) is 0 Å². The second-order valence-corrected chi connectivity index (χ2v) is 5.40. The highest BCUT2D eigenvalue weighted by atomic mass is 35.5. The predicted molar refractivity (Wildman–Crippen MR) is 78.1 cm³/mol. The van der Waals surface area contributed by atoms with Crippen molar-refractivity contribution in [3.63, 3.8) is 0 Å². The summed E-state index contributed by atoms with van der Waals surface area (Å²) in [7, 11) is 2.03. The number of hydrogen-bond donors (Lipinski definition) is 1. The highest BCUT2D eigenvalue weighted by Crippen LogP contribution is 2.31. The minimum Gasteiger partial charge on any atom is -0.382 e. The molecule has 21 heavy (non-hydrogen) atoms. The van der Waals surface area contributed by atoms with Crippen LogP contribution in [0.25, 0.3) is 0 Å². The third kappa shape index (κ3) is 2.64. The summed E-state index contributed by atoms with van der Waals surface area (Å²) >= 11 is 6.20. The third-order valence-corrected chi connectivity index (χ3v) is 3.94. The van der Waals surface area contributed by atoms with Crippen molar-refractivity contribution in [2.75, 3.05) is 37.3 Å². The lowest BCUT2D eigenvalue weighted by Gasteiger charge is -2.38. The van der Waals surface area contributed by atoms with E-state index < -0.39 is 0 Å². The highest BCUT2D eigenvalue weighted by Gasteiger charge is 2.31. The molecule has 1 unspecified atom stereocenters. The normalized spacial score (nSPS) is 20.0. The second-order valence-electron chi connectivity index (χ2n) is 5.02. The van der Waals surface area contributed by atoms with Gasteiger partial charge in [0.05, 0.1) is 0 Å². The second kappa shape index (κ2) is 5.45. The van der Waals surface area contributed by atoms with Crippen molar-refractivity contribution in [1.82, 2.24) is 25.0 Å². The van der Waals surface area contributed by atoms with E-state index in [1.165, 1.54) is 6.33 Å². The van der Waals surface area contributed by atoms with Crippen molar-refractivity contribution in [2.45, 2.75) is 13.0 Å². The third-order valence-electron chi connectivity index (χ3n) is 3.57. The minimum absolute atomic E-state index is 0.00722. The molecule has 2 N–H and O–H groups in total. The molecule has 0 radical (unpaired) electrons. The van der Waals surface area contributed by atoms with Crippen LogP contribution in [0.3, 0.4) is 0 Å². The number of rotatable bonds is 2. The van der Waals surface area contributed by atoms with E-state index in [9.17, 15) is 0 Å². The summed E-state index contributed by atoms with van der Waals surface area (Å²) < 4.78 is 5.29. The number of aromatic nitrogens is 4. The summed E-state index contributed by atoms with van der Waals surface area (Å²) in [4.78, 5) is 16.7. The van der Waals surface area contributed by atoms with Gasteiger partial charge in [0.2, 0.25) is 5.89 Å². The molecule has 0 aromatic carbocycles. The van der Waals surface area contributed by atoms with Gasteiger partial charge in [-0.15, -0.1) is 0 Å². The number of nitrogens with zero attached hydrogens (tertiary/aromatic N) is 6. The Morgan fingerprint density at radius 2 is 2.19 bits per heavy atom. The van der Waals surface area contributed by atoms with Gasteiger partial charge in [-0.25, -0.2) is 9.97 Å². The van der Waals surface area contributed by atoms with E-state index in [-0.39, 0.29) is 11.9 Å². The molecule has 112 valence electrons. The average Bonchev–Trinajstić information content (AvgIpc) is 2.89. The molecule has 1 atom stereocenters. The van der Waals surface area contributed by atoms with Gasteiger partial charge in [-0.2, -0.15) is 4.98 Å². The lowest BCUT2D eigenvalue weighted by molar-refractivity contribution is 0.177. The highest BCUT2D eigenvalue weighted by molar-refractivity contribution is 6.35. The first kappa shape index (κ1) is 14.0. The van der Waals surface area contributed by atoms with Gasteiger partial charge >= 0.3 is 0 Å². The SMILES string of the molecule is Cc1noc(C2CN(c3ncnc(N)c3Cl)CCN2C)n1. The fraction of sp³-hybridized carbons (Fsp3) is 0.500. The predicted octanol–water partition coefficient (Wildman–Crippen LogP) is 0.897. The number of hydrogen-bond acceptors (Lipinski definition) is 8. The molecule has 3 rings (SSSR count). The summed E-state index contributed by atoms with van der Waals surface area (Å²) in [5.74, 6) is 2.14. The smallest absolute Gasteiger partial charge is 0.245 e. The van der Waals surface area contributed by atoms with E-state index >= 15 is 0 Å². The van der Waals surface area contributed by atoms with Gasteiger partial charge in [0.25, 0.3) is 0 Å². The van der Waals surface area contributed by atoms with Crippen LogP contribution in [-0.4, -0.2) is 51.7 Å². The van der Waals surface area contributed by atoms with Crippen LogP contribution in [0.1, 0.15) is 17.8 Å². The van der Waals surface area contributed by atoms with Crippen LogP contribution in [0.15, 0.2) is 10.9 Å². The van der Waals surface area contributed by atoms with Crippen LogP contribution in [0.5, 0.6) is 0 Å². The Morgan fingerprint density at radius 3 is 2.90 bits per heavy atom. The van der Waals surface area contributed by atoms with Crippen LogP contribution in [0, 0.1) is 6.92 Å². The Morgan fingerprint density at radius 1 is 1.38 bits per heavy atom. The van der Waals surface area contributed by atoms with Crippen molar-refractivity contribution < 1.29 is 4.52 Å². The average molecular weight is 310 g/mol.